The minimum Gasteiger partial charge on any atom is -0.254 e. The van der Waals surface area contributed by atoms with E-state index in [9.17, 15) is 4.21 Å². The second-order valence-corrected chi connectivity index (χ2v) is 6.44. The number of rotatable bonds is 3. The van der Waals surface area contributed by atoms with Crippen molar-refractivity contribution in [2.24, 2.45) is 0 Å². The molecule has 1 unspecified atom stereocenters. The summed E-state index contributed by atoms with van der Waals surface area (Å²) in [5, 5.41) is 2.32. The van der Waals surface area contributed by atoms with Crippen molar-refractivity contribution in [3.63, 3.8) is 0 Å². The molecule has 0 fully saturated rings. The summed E-state index contributed by atoms with van der Waals surface area (Å²) < 4.78 is 12.5. The fourth-order valence-corrected chi connectivity index (χ4v) is 3.37. The van der Waals surface area contributed by atoms with E-state index in [2.05, 4.69) is 31.2 Å². The lowest BCUT2D eigenvalue weighted by Crippen LogP contribution is -1.96. The van der Waals surface area contributed by atoms with Gasteiger partial charge in [0, 0.05) is 4.90 Å². The quantitative estimate of drug-likeness (QED) is 0.692. The molecule has 1 nitrogen and oxygen atoms in total. The first kappa shape index (κ1) is 13.1. The molecule has 0 heterocycles. The van der Waals surface area contributed by atoms with E-state index in [0.717, 1.165) is 15.8 Å². The van der Waals surface area contributed by atoms with E-state index < -0.39 is 10.8 Å². The standard InChI is InChI=1S/C18H16OS/c1-14-6-8-15(9-7-14)13-20(19)18-11-10-16-4-2-3-5-17(16)12-18/h2-12H,13H2,1H3. The van der Waals surface area contributed by atoms with Gasteiger partial charge >= 0.3 is 0 Å². The number of hydrogen-bond acceptors (Lipinski definition) is 1. The number of benzene rings is 3. The molecule has 3 rings (SSSR count). The van der Waals surface area contributed by atoms with Crippen molar-refractivity contribution in [1.29, 1.82) is 0 Å². The first-order valence-corrected chi connectivity index (χ1v) is 7.97. The van der Waals surface area contributed by atoms with Crippen LogP contribution in [0.4, 0.5) is 0 Å². The van der Waals surface area contributed by atoms with Crippen molar-refractivity contribution >= 4 is 21.6 Å². The Balaban J connectivity index is 1.86. The Morgan fingerprint density at radius 1 is 0.850 bits per heavy atom. The van der Waals surface area contributed by atoms with Gasteiger partial charge in [-0.1, -0.05) is 60.2 Å². The minimum atomic E-state index is -0.997. The Hall–Kier alpha value is -1.93. The largest absolute Gasteiger partial charge is 0.254 e. The summed E-state index contributed by atoms with van der Waals surface area (Å²) in [6.07, 6.45) is 0. The summed E-state index contributed by atoms with van der Waals surface area (Å²) in [4.78, 5) is 0.893. The summed E-state index contributed by atoms with van der Waals surface area (Å²) in [6.45, 7) is 2.06. The Kier molecular flexibility index (Phi) is 3.66. The number of fused-ring (bicyclic) bond motifs is 1. The Bertz CT molecular complexity index is 760. The van der Waals surface area contributed by atoms with Gasteiger partial charge in [0.1, 0.15) is 0 Å². The fourth-order valence-electron chi connectivity index (χ4n) is 2.23. The van der Waals surface area contributed by atoms with Crippen molar-refractivity contribution in [1.82, 2.24) is 0 Å². The lowest BCUT2D eigenvalue weighted by molar-refractivity contribution is 0.682. The maximum Gasteiger partial charge on any atom is 0.0574 e. The SMILES string of the molecule is Cc1ccc(CS(=O)c2ccc3ccccc3c2)cc1. The Morgan fingerprint density at radius 2 is 1.55 bits per heavy atom. The summed E-state index contributed by atoms with van der Waals surface area (Å²) in [5.41, 5.74) is 2.34. The first-order valence-electron chi connectivity index (χ1n) is 6.65. The molecule has 0 aliphatic heterocycles. The van der Waals surface area contributed by atoms with Crippen LogP contribution in [0.2, 0.25) is 0 Å². The third-order valence-electron chi connectivity index (χ3n) is 3.40. The van der Waals surface area contributed by atoms with Crippen molar-refractivity contribution in [2.45, 2.75) is 17.6 Å². The van der Waals surface area contributed by atoms with Crippen LogP contribution in [0.15, 0.2) is 71.6 Å². The van der Waals surface area contributed by atoms with Crippen LogP contribution in [0.5, 0.6) is 0 Å². The van der Waals surface area contributed by atoms with E-state index in [-0.39, 0.29) is 0 Å². The average molecular weight is 280 g/mol. The van der Waals surface area contributed by atoms with Crippen LogP contribution in [0.3, 0.4) is 0 Å². The van der Waals surface area contributed by atoms with E-state index >= 15 is 0 Å². The minimum absolute atomic E-state index is 0.568. The van der Waals surface area contributed by atoms with Gasteiger partial charge in [-0.15, -0.1) is 0 Å². The highest BCUT2D eigenvalue weighted by atomic mass is 32.2. The monoisotopic (exact) mass is 280 g/mol. The van der Waals surface area contributed by atoms with Gasteiger partial charge in [-0.2, -0.15) is 0 Å². The lowest BCUT2D eigenvalue weighted by atomic mass is 10.1. The number of aryl methyl sites for hydroxylation is 1. The zero-order chi connectivity index (χ0) is 13.9. The molecule has 0 bridgehead atoms. The Labute approximate surface area is 121 Å². The van der Waals surface area contributed by atoms with Crippen molar-refractivity contribution in [3.8, 4) is 0 Å². The molecule has 0 aromatic heterocycles. The van der Waals surface area contributed by atoms with Gasteiger partial charge in [0.15, 0.2) is 0 Å². The highest BCUT2D eigenvalue weighted by Gasteiger charge is 2.06. The summed E-state index contributed by atoms with van der Waals surface area (Å²) in [6, 6.07) is 22.4. The molecule has 1 atom stereocenters. The van der Waals surface area contributed by atoms with Gasteiger partial charge in [-0.05, 0) is 35.4 Å². The fraction of sp³-hybridized carbons (Fsp3) is 0.111. The van der Waals surface area contributed by atoms with Crippen molar-refractivity contribution in [3.05, 3.63) is 77.9 Å². The van der Waals surface area contributed by atoms with Gasteiger partial charge in [0.2, 0.25) is 0 Å². The first-order chi connectivity index (χ1) is 9.72. The zero-order valence-corrected chi connectivity index (χ0v) is 12.2. The molecule has 0 amide bonds. The molecule has 2 heteroatoms. The highest BCUT2D eigenvalue weighted by molar-refractivity contribution is 7.84. The predicted molar refractivity (Wildman–Crippen MR) is 85.2 cm³/mol. The average Bonchev–Trinajstić information content (AvgIpc) is 2.49. The molecule has 0 saturated carbocycles. The second-order valence-electron chi connectivity index (χ2n) is 4.98. The van der Waals surface area contributed by atoms with E-state index in [0.29, 0.717) is 5.75 Å². The summed E-state index contributed by atoms with van der Waals surface area (Å²) in [7, 11) is -0.997. The molecule has 0 aliphatic carbocycles. The van der Waals surface area contributed by atoms with Crippen LogP contribution >= 0.6 is 0 Å². The third kappa shape index (κ3) is 2.81. The van der Waals surface area contributed by atoms with Crippen LogP contribution in [0.25, 0.3) is 10.8 Å². The normalized spacial score (nSPS) is 12.4. The molecular weight excluding hydrogens is 264 g/mol. The Morgan fingerprint density at radius 3 is 2.30 bits per heavy atom. The van der Waals surface area contributed by atoms with Gasteiger partial charge in [0.05, 0.1) is 16.6 Å². The van der Waals surface area contributed by atoms with Gasteiger partial charge < -0.3 is 0 Å². The van der Waals surface area contributed by atoms with Crippen LogP contribution in [0.1, 0.15) is 11.1 Å². The van der Waals surface area contributed by atoms with E-state index in [1.54, 1.807) is 0 Å². The zero-order valence-electron chi connectivity index (χ0n) is 11.4. The van der Waals surface area contributed by atoms with E-state index in [1.807, 2.05) is 42.5 Å². The van der Waals surface area contributed by atoms with E-state index in [1.165, 1.54) is 10.9 Å². The molecule has 0 aliphatic rings. The molecule has 0 N–H and O–H groups in total. The summed E-state index contributed by atoms with van der Waals surface area (Å²) in [5.74, 6) is 0.568. The molecule has 0 spiro atoms. The molecule has 0 saturated heterocycles. The second kappa shape index (κ2) is 5.59. The maximum absolute atomic E-state index is 12.5. The van der Waals surface area contributed by atoms with Crippen molar-refractivity contribution < 1.29 is 4.21 Å². The number of hydrogen-bond donors (Lipinski definition) is 0. The van der Waals surface area contributed by atoms with Gasteiger partial charge in [-0.3, -0.25) is 4.21 Å². The highest BCUT2D eigenvalue weighted by Crippen LogP contribution is 2.19. The van der Waals surface area contributed by atoms with Gasteiger partial charge in [-0.25, -0.2) is 0 Å². The third-order valence-corrected chi connectivity index (χ3v) is 4.78. The van der Waals surface area contributed by atoms with Crippen molar-refractivity contribution in [2.75, 3.05) is 0 Å². The molecule has 3 aromatic rings. The van der Waals surface area contributed by atoms with Crippen LogP contribution in [-0.2, 0) is 16.6 Å². The van der Waals surface area contributed by atoms with Crippen LogP contribution < -0.4 is 0 Å². The summed E-state index contributed by atoms with van der Waals surface area (Å²) >= 11 is 0. The smallest absolute Gasteiger partial charge is 0.0574 e. The topological polar surface area (TPSA) is 17.1 Å². The van der Waals surface area contributed by atoms with Crippen LogP contribution in [-0.4, -0.2) is 4.21 Å². The van der Waals surface area contributed by atoms with Gasteiger partial charge in [0.25, 0.3) is 0 Å². The molecule has 0 radical (unpaired) electrons. The molecule has 3 aromatic carbocycles. The molecule has 100 valence electrons. The predicted octanol–water partition coefficient (Wildman–Crippen LogP) is 4.46. The maximum atomic E-state index is 12.5. The molecular formula is C18H16OS. The van der Waals surface area contributed by atoms with E-state index in [4.69, 9.17) is 0 Å². The lowest BCUT2D eigenvalue weighted by Gasteiger charge is -2.05. The molecule has 20 heavy (non-hydrogen) atoms. The van der Waals surface area contributed by atoms with Crippen LogP contribution in [0, 0.1) is 6.92 Å².